The maximum absolute atomic E-state index is 12.0. The first-order chi connectivity index (χ1) is 10.2. The maximum Gasteiger partial charge on any atom is 0.273 e. The molecule has 1 atom stereocenters. The summed E-state index contributed by atoms with van der Waals surface area (Å²) in [4.78, 5) is 12.0. The Morgan fingerprint density at radius 1 is 1.19 bits per heavy atom. The fraction of sp³-hybridized carbons (Fsp3) is 0.125. The summed E-state index contributed by atoms with van der Waals surface area (Å²) in [5.41, 5.74) is 3.67. The van der Waals surface area contributed by atoms with Gasteiger partial charge in [-0.1, -0.05) is 42.5 Å². The van der Waals surface area contributed by atoms with Crippen molar-refractivity contribution in [3.05, 3.63) is 65.7 Å². The predicted molar refractivity (Wildman–Crippen MR) is 80.0 cm³/mol. The third-order valence-electron chi connectivity index (χ3n) is 2.89. The van der Waals surface area contributed by atoms with Gasteiger partial charge in [-0.05, 0) is 17.7 Å². The lowest BCUT2D eigenvalue weighted by Gasteiger charge is -2.13. The molecular weight excluding hydrogens is 268 g/mol. The Balaban J connectivity index is 2.02. The molecule has 1 amide bonds. The number of carbonyl (C=O) groups is 1. The van der Waals surface area contributed by atoms with Gasteiger partial charge in [-0.25, -0.2) is 5.43 Å². The van der Waals surface area contributed by atoms with E-state index in [2.05, 4.69) is 10.5 Å². The second-order valence-corrected chi connectivity index (χ2v) is 4.32. The molecule has 2 rings (SSSR count). The van der Waals surface area contributed by atoms with Crippen LogP contribution >= 0.6 is 0 Å². The fourth-order valence-corrected chi connectivity index (χ4v) is 1.84. The molecule has 0 saturated carbocycles. The minimum Gasteiger partial charge on any atom is -0.507 e. The van der Waals surface area contributed by atoms with Gasteiger partial charge in [0.25, 0.3) is 5.91 Å². The van der Waals surface area contributed by atoms with Crippen molar-refractivity contribution in [2.24, 2.45) is 5.10 Å². The molecule has 0 radical (unpaired) electrons. The zero-order chi connectivity index (χ0) is 15.1. The quantitative estimate of drug-likeness (QED) is 0.653. The van der Waals surface area contributed by atoms with E-state index in [4.69, 9.17) is 4.74 Å². The molecule has 2 aromatic rings. The van der Waals surface area contributed by atoms with Crippen LogP contribution in [0.25, 0.3) is 0 Å². The number of phenolic OH excluding ortho intramolecular Hbond substituents is 1. The van der Waals surface area contributed by atoms with E-state index in [1.165, 1.54) is 13.3 Å². The van der Waals surface area contributed by atoms with Crippen molar-refractivity contribution < 1.29 is 14.6 Å². The average Bonchev–Trinajstić information content (AvgIpc) is 2.51. The number of carbonyl (C=O) groups excluding carboxylic acids is 1. The van der Waals surface area contributed by atoms with E-state index in [1.807, 2.05) is 18.2 Å². The lowest BCUT2D eigenvalue weighted by molar-refractivity contribution is -0.131. The summed E-state index contributed by atoms with van der Waals surface area (Å²) in [6.45, 7) is 0. The predicted octanol–water partition coefficient (Wildman–Crippen LogP) is 2.23. The van der Waals surface area contributed by atoms with E-state index in [-0.39, 0.29) is 11.7 Å². The maximum atomic E-state index is 12.0. The summed E-state index contributed by atoms with van der Waals surface area (Å²) in [5.74, 6) is -0.280. The number of hydrogen-bond donors (Lipinski definition) is 2. The van der Waals surface area contributed by atoms with Gasteiger partial charge >= 0.3 is 0 Å². The van der Waals surface area contributed by atoms with Crippen molar-refractivity contribution in [1.29, 1.82) is 0 Å². The molecule has 2 aromatic carbocycles. The Hall–Kier alpha value is -2.66. The minimum absolute atomic E-state index is 0.0989. The van der Waals surface area contributed by atoms with Crippen molar-refractivity contribution in [2.45, 2.75) is 6.10 Å². The summed E-state index contributed by atoms with van der Waals surface area (Å²) in [6.07, 6.45) is 0.651. The third-order valence-corrected chi connectivity index (χ3v) is 2.89. The van der Waals surface area contributed by atoms with E-state index < -0.39 is 6.10 Å². The summed E-state index contributed by atoms with van der Waals surface area (Å²) in [6, 6.07) is 15.9. The molecule has 0 aromatic heterocycles. The van der Waals surface area contributed by atoms with Crippen LogP contribution in [0.15, 0.2) is 59.7 Å². The number of nitrogens with zero attached hydrogens (tertiary/aromatic N) is 1. The number of rotatable bonds is 5. The lowest BCUT2D eigenvalue weighted by atomic mass is 10.1. The summed E-state index contributed by atoms with van der Waals surface area (Å²) >= 11 is 0. The number of methoxy groups -OCH3 is 1. The van der Waals surface area contributed by atoms with E-state index in [1.54, 1.807) is 36.4 Å². The van der Waals surface area contributed by atoms with Crippen LogP contribution in [0.4, 0.5) is 0 Å². The zero-order valence-corrected chi connectivity index (χ0v) is 11.6. The number of para-hydroxylation sites is 1. The number of aromatic hydroxyl groups is 1. The van der Waals surface area contributed by atoms with Gasteiger partial charge in [-0.3, -0.25) is 4.79 Å². The van der Waals surface area contributed by atoms with Crippen LogP contribution in [-0.4, -0.2) is 24.3 Å². The number of hydrogen-bond acceptors (Lipinski definition) is 4. The Labute approximate surface area is 122 Å². The number of ether oxygens (including phenoxy) is 1. The molecule has 21 heavy (non-hydrogen) atoms. The lowest BCUT2D eigenvalue weighted by Crippen LogP contribution is -2.26. The van der Waals surface area contributed by atoms with Crippen molar-refractivity contribution in [1.82, 2.24) is 5.43 Å². The first-order valence-corrected chi connectivity index (χ1v) is 6.41. The highest BCUT2D eigenvalue weighted by atomic mass is 16.5. The van der Waals surface area contributed by atoms with E-state index >= 15 is 0 Å². The normalized spacial score (nSPS) is 12.2. The molecule has 0 aliphatic heterocycles. The number of amides is 1. The van der Waals surface area contributed by atoms with Crippen molar-refractivity contribution in [3.8, 4) is 5.75 Å². The summed E-state index contributed by atoms with van der Waals surface area (Å²) in [7, 11) is 1.46. The van der Waals surface area contributed by atoms with Crippen LogP contribution in [0.3, 0.4) is 0 Å². The molecule has 2 N–H and O–H groups in total. The van der Waals surface area contributed by atoms with Gasteiger partial charge in [0.05, 0.1) is 6.21 Å². The van der Waals surface area contributed by atoms with Crippen LogP contribution in [-0.2, 0) is 9.53 Å². The molecule has 108 valence electrons. The van der Waals surface area contributed by atoms with Gasteiger partial charge in [0, 0.05) is 12.7 Å². The summed E-state index contributed by atoms with van der Waals surface area (Å²) < 4.78 is 5.19. The third kappa shape index (κ3) is 3.90. The van der Waals surface area contributed by atoms with Crippen molar-refractivity contribution in [2.75, 3.05) is 7.11 Å². The van der Waals surface area contributed by atoms with Gasteiger partial charge in [0.15, 0.2) is 6.10 Å². The molecule has 0 fully saturated rings. The Morgan fingerprint density at radius 2 is 1.86 bits per heavy atom. The zero-order valence-electron chi connectivity index (χ0n) is 11.6. The Morgan fingerprint density at radius 3 is 2.52 bits per heavy atom. The van der Waals surface area contributed by atoms with E-state index in [0.29, 0.717) is 5.56 Å². The Kier molecular flexibility index (Phi) is 5.06. The molecule has 0 spiro atoms. The van der Waals surface area contributed by atoms with E-state index in [9.17, 15) is 9.90 Å². The minimum atomic E-state index is -0.729. The molecule has 0 unspecified atom stereocenters. The first-order valence-electron chi connectivity index (χ1n) is 6.41. The SMILES string of the molecule is CO[C@H](C(=O)N/N=C/c1ccccc1O)c1ccccc1. The van der Waals surface area contributed by atoms with Gasteiger partial charge in [-0.15, -0.1) is 0 Å². The van der Waals surface area contributed by atoms with Gasteiger partial charge in [0.1, 0.15) is 5.75 Å². The van der Waals surface area contributed by atoms with Crippen LogP contribution in [0, 0.1) is 0 Å². The standard InChI is InChI=1S/C16H16N2O3/c1-21-15(12-7-3-2-4-8-12)16(20)18-17-11-13-9-5-6-10-14(13)19/h2-11,15,19H,1H3,(H,18,20)/b17-11+/t15-/m0/s1. The highest BCUT2D eigenvalue weighted by molar-refractivity contribution is 5.86. The smallest absolute Gasteiger partial charge is 0.273 e. The monoisotopic (exact) mass is 284 g/mol. The molecule has 0 heterocycles. The van der Waals surface area contributed by atoms with Gasteiger partial charge in [0.2, 0.25) is 0 Å². The second kappa shape index (κ2) is 7.21. The van der Waals surface area contributed by atoms with Gasteiger partial charge in [-0.2, -0.15) is 5.10 Å². The highest BCUT2D eigenvalue weighted by Gasteiger charge is 2.19. The molecule has 5 heteroatoms. The Bertz CT molecular complexity index is 626. The number of nitrogens with one attached hydrogen (secondary N) is 1. The van der Waals surface area contributed by atoms with Crippen LogP contribution in [0.1, 0.15) is 17.2 Å². The number of hydrazone groups is 1. The molecule has 0 aliphatic carbocycles. The molecule has 0 aliphatic rings. The molecule has 0 saturated heterocycles. The number of benzene rings is 2. The molecule has 0 bridgehead atoms. The summed E-state index contributed by atoms with van der Waals surface area (Å²) in [5, 5.41) is 13.4. The first kappa shape index (κ1) is 14.7. The highest BCUT2D eigenvalue weighted by Crippen LogP contribution is 2.16. The van der Waals surface area contributed by atoms with E-state index in [0.717, 1.165) is 5.56 Å². The molecular formula is C16H16N2O3. The van der Waals surface area contributed by atoms with Crippen molar-refractivity contribution in [3.63, 3.8) is 0 Å². The topological polar surface area (TPSA) is 70.9 Å². The second-order valence-electron chi connectivity index (χ2n) is 4.32. The van der Waals surface area contributed by atoms with Crippen LogP contribution in [0.5, 0.6) is 5.75 Å². The number of phenols is 1. The molecule has 5 nitrogen and oxygen atoms in total. The fourth-order valence-electron chi connectivity index (χ4n) is 1.84. The largest absolute Gasteiger partial charge is 0.507 e. The van der Waals surface area contributed by atoms with Crippen LogP contribution in [0.2, 0.25) is 0 Å². The van der Waals surface area contributed by atoms with Gasteiger partial charge < -0.3 is 9.84 Å². The van der Waals surface area contributed by atoms with Crippen LogP contribution < -0.4 is 5.43 Å². The average molecular weight is 284 g/mol. The van der Waals surface area contributed by atoms with Crippen molar-refractivity contribution >= 4 is 12.1 Å².